The van der Waals surface area contributed by atoms with E-state index in [1.54, 1.807) is 0 Å². The molecule has 4 aromatic rings. The lowest BCUT2D eigenvalue weighted by Gasteiger charge is -2.15. The van der Waals surface area contributed by atoms with Crippen molar-refractivity contribution in [1.82, 2.24) is 15.1 Å². The highest BCUT2D eigenvalue weighted by Crippen LogP contribution is 2.46. The average Bonchev–Trinajstić information content (AvgIpc) is 3.62. The molecular formula is C27H25N5OS. The molecule has 170 valence electrons. The number of anilines is 1. The van der Waals surface area contributed by atoms with E-state index in [1.807, 2.05) is 35.4 Å². The molecule has 34 heavy (non-hydrogen) atoms. The first-order chi connectivity index (χ1) is 16.6. The lowest BCUT2D eigenvalue weighted by molar-refractivity contribution is -0.128. The summed E-state index contributed by atoms with van der Waals surface area (Å²) in [5.41, 5.74) is 9.80. The molecule has 0 spiro atoms. The standard InChI is InChI=1S/C27H25N5OS/c1-29-22-11-18(8-9-19(22)14-28)26-21-13-24-20(27(21)31-30-26)12-23(34-24)17-6-4-16(5-7-17)15-32-10-2-3-25(32)33/h4-9,11-12,14,28-29H,2-3,10,13,15H2,1H3,(H,30,31). The summed E-state index contributed by atoms with van der Waals surface area (Å²) in [5, 5.41) is 18.7. The Morgan fingerprint density at radius 2 is 2.00 bits per heavy atom. The van der Waals surface area contributed by atoms with Crippen molar-refractivity contribution >= 4 is 29.1 Å². The molecule has 1 saturated heterocycles. The largest absolute Gasteiger partial charge is 0.388 e. The summed E-state index contributed by atoms with van der Waals surface area (Å²) in [6.07, 6.45) is 3.89. The Balaban J connectivity index is 1.25. The van der Waals surface area contributed by atoms with Gasteiger partial charge in [0.2, 0.25) is 5.91 Å². The number of rotatable bonds is 6. The van der Waals surface area contributed by atoms with Crippen LogP contribution in [-0.4, -0.2) is 40.8 Å². The van der Waals surface area contributed by atoms with Gasteiger partial charge in [0, 0.05) is 76.9 Å². The van der Waals surface area contributed by atoms with Crippen molar-refractivity contribution in [3.8, 4) is 33.0 Å². The van der Waals surface area contributed by atoms with Gasteiger partial charge in [-0.25, -0.2) is 0 Å². The third kappa shape index (κ3) is 3.44. The summed E-state index contributed by atoms with van der Waals surface area (Å²) in [4.78, 5) is 16.5. The monoisotopic (exact) mass is 467 g/mol. The first kappa shape index (κ1) is 20.9. The van der Waals surface area contributed by atoms with E-state index in [4.69, 9.17) is 5.41 Å². The molecule has 2 aliphatic rings. The Hall–Kier alpha value is -3.71. The Kier molecular flexibility index (Phi) is 5.07. The number of hydrogen-bond donors (Lipinski definition) is 3. The fourth-order valence-electron chi connectivity index (χ4n) is 4.99. The van der Waals surface area contributed by atoms with Gasteiger partial charge >= 0.3 is 0 Å². The zero-order valence-corrected chi connectivity index (χ0v) is 19.8. The highest BCUT2D eigenvalue weighted by atomic mass is 32.1. The van der Waals surface area contributed by atoms with E-state index >= 15 is 0 Å². The van der Waals surface area contributed by atoms with E-state index in [2.05, 4.69) is 51.9 Å². The minimum absolute atomic E-state index is 0.265. The van der Waals surface area contributed by atoms with E-state index in [1.165, 1.54) is 38.2 Å². The fourth-order valence-corrected chi connectivity index (χ4v) is 6.17. The van der Waals surface area contributed by atoms with Crippen LogP contribution >= 0.6 is 11.3 Å². The Labute approximate surface area is 202 Å². The number of thiophene rings is 1. The SMILES string of the molecule is CNc1cc(-c2n[nH]c3c2Cc2sc(-c4ccc(CN5CCCC5=O)cc4)cc2-3)ccc1C=N. The average molecular weight is 468 g/mol. The zero-order chi connectivity index (χ0) is 23.2. The van der Waals surface area contributed by atoms with E-state index in [9.17, 15) is 4.79 Å². The molecule has 3 heterocycles. The van der Waals surface area contributed by atoms with E-state index in [0.29, 0.717) is 13.0 Å². The zero-order valence-electron chi connectivity index (χ0n) is 18.9. The number of amides is 1. The highest BCUT2D eigenvalue weighted by molar-refractivity contribution is 7.16. The summed E-state index contributed by atoms with van der Waals surface area (Å²) in [6.45, 7) is 1.58. The van der Waals surface area contributed by atoms with Crippen molar-refractivity contribution in [3.05, 3.63) is 70.1 Å². The normalized spacial score (nSPS) is 14.4. The van der Waals surface area contributed by atoms with Crippen LogP contribution in [0.5, 0.6) is 0 Å². The van der Waals surface area contributed by atoms with Crippen LogP contribution in [0.25, 0.3) is 33.0 Å². The molecule has 0 saturated carbocycles. The molecule has 3 N–H and O–H groups in total. The summed E-state index contributed by atoms with van der Waals surface area (Å²) in [7, 11) is 1.87. The predicted molar refractivity (Wildman–Crippen MR) is 138 cm³/mol. The molecule has 0 unspecified atom stereocenters. The lowest BCUT2D eigenvalue weighted by atomic mass is 10.0. The Morgan fingerprint density at radius 3 is 2.74 bits per heavy atom. The van der Waals surface area contributed by atoms with Crippen LogP contribution in [0.3, 0.4) is 0 Å². The number of nitrogens with zero attached hydrogens (tertiary/aromatic N) is 2. The lowest BCUT2D eigenvalue weighted by Crippen LogP contribution is -2.23. The number of H-pyrrole nitrogens is 1. The molecule has 2 aromatic heterocycles. The molecule has 0 atom stereocenters. The number of carbonyl (C=O) groups is 1. The van der Waals surface area contributed by atoms with Gasteiger partial charge in [0.1, 0.15) is 0 Å². The van der Waals surface area contributed by atoms with E-state index < -0.39 is 0 Å². The number of fused-ring (bicyclic) bond motifs is 3. The van der Waals surface area contributed by atoms with Crippen LogP contribution in [0, 0.1) is 5.41 Å². The summed E-state index contributed by atoms with van der Waals surface area (Å²) < 4.78 is 0. The van der Waals surface area contributed by atoms with E-state index in [0.717, 1.165) is 47.6 Å². The van der Waals surface area contributed by atoms with Crippen molar-refractivity contribution in [2.45, 2.75) is 25.8 Å². The second-order valence-corrected chi connectivity index (χ2v) is 10.00. The Morgan fingerprint density at radius 1 is 1.18 bits per heavy atom. The molecule has 1 amide bonds. The van der Waals surface area contributed by atoms with Gasteiger partial charge in [-0.1, -0.05) is 36.4 Å². The predicted octanol–water partition coefficient (Wildman–Crippen LogP) is 5.54. The van der Waals surface area contributed by atoms with Crippen LogP contribution in [-0.2, 0) is 17.8 Å². The number of aromatic amines is 1. The molecule has 6 nitrogen and oxygen atoms in total. The van der Waals surface area contributed by atoms with Gasteiger partial charge in [-0.2, -0.15) is 5.10 Å². The van der Waals surface area contributed by atoms with Crippen LogP contribution in [0.2, 0.25) is 0 Å². The molecule has 1 aliphatic heterocycles. The first-order valence-electron chi connectivity index (χ1n) is 11.5. The number of hydrogen-bond acceptors (Lipinski definition) is 5. The van der Waals surface area contributed by atoms with Crippen molar-refractivity contribution in [2.75, 3.05) is 18.9 Å². The minimum atomic E-state index is 0.265. The van der Waals surface area contributed by atoms with Gasteiger partial charge in [0.05, 0.1) is 11.4 Å². The minimum Gasteiger partial charge on any atom is -0.388 e. The van der Waals surface area contributed by atoms with Gasteiger partial charge in [-0.05, 0) is 29.7 Å². The molecule has 7 heteroatoms. The molecule has 1 aliphatic carbocycles. The van der Waals surface area contributed by atoms with Gasteiger partial charge < -0.3 is 15.6 Å². The van der Waals surface area contributed by atoms with Gasteiger partial charge in [0.25, 0.3) is 0 Å². The number of benzene rings is 2. The van der Waals surface area contributed by atoms with Crippen LogP contribution < -0.4 is 5.32 Å². The van der Waals surface area contributed by atoms with Crippen molar-refractivity contribution in [2.24, 2.45) is 0 Å². The summed E-state index contributed by atoms with van der Waals surface area (Å²) in [5.74, 6) is 0.265. The molecular weight excluding hydrogens is 442 g/mol. The van der Waals surface area contributed by atoms with E-state index in [-0.39, 0.29) is 5.91 Å². The van der Waals surface area contributed by atoms with Crippen LogP contribution in [0.15, 0.2) is 48.5 Å². The first-order valence-corrected chi connectivity index (χ1v) is 12.4. The topological polar surface area (TPSA) is 84.9 Å². The number of aromatic nitrogens is 2. The molecule has 0 bridgehead atoms. The van der Waals surface area contributed by atoms with Crippen LogP contribution in [0.4, 0.5) is 5.69 Å². The fraction of sp³-hybridized carbons (Fsp3) is 0.222. The van der Waals surface area contributed by atoms with Gasteiger partial charge in [-0.15, -0.1) is 11.3 Å². The maximum Gasteiger partial charge on any atom is 0.222 e. The van der Waals surface area contributed by atoms with Crippen LogP contribution in [0.1, 0.15) is 34.4 Å². The molecule has 6 rings (SSSR count). The number of likely N-dealkylation sites (tertiary alicyclic amines) is 1. The maximum absolute atomic E-state index is 11.9. The summed E-state index contributed by atoms with van der Waals surface area (Å²) >= 11 is 1.84. The van der Waals surface area contributed by atoms with Crippen molar-refractivity contribution < 1.29 is 4.79 Å². The molecule has 0 radical (unpaired) electrons. The highest BCUT2D eigenvalue weighted by Gasteiger charge is 2.28. The second-order valence-electron chi connectivity index (χ2n) is 8.86. The van der Waals surface area contributed by atoms with Crippen molar-refractivity contribution in [1.29, 1.82) is 5.41 Å². The second kappa shape index (κ2) is 8.25. The molecule has 1 fully saturated rings. The third-order valence-electron chi connectivity index (χ3n) is 6.82. The maximum atomic E-state index is 11.9. The van der Waals surface area contributed by atoms with Crippen molar-refractivity contribution in [3.63, 3.8) is 0 Å². The Bertz CT molecular complexity index is 1420. The van der Waals surface area contributed by atoms with Gasteiger partial charge in [0.15, 0.2) is 0 Å². The third-order valence-corrected chi connectivity index (χ3v) is 8.00. The van der Waals surface area contributed by atoms with Gasteiger partial charge in [-0.3, -0.25) is 9.89 Å². The summed E-state index contributed by atoms with van der Waals surface area (Å²) in [6, 6.07) is 16.9. The number of carbonyl (C=O) groups excluding carboxylic acids is 1. The number of nitrogens with one attached hydrogen (secondary N) is 3. The molecule has 2 aromatic carbocycles. The smallest absolute Gasteiger partial charge is 0.222 e. The quantitative estimate of drug-likeness (QED) is 0.287.